The van der Waals surface area contributed by atoms with Gasteiger partial charge in [-0.25, -0.2) is 0 Å². The second-order valence-electron chi connectivity index (χ2n) is 4.43. The summed E-state index contributed by atoms with van der Waals surface area (Å²) in [6.07, 6.45) is 3.80. The maximum atomic E-state index is 5.77. The highest BCUT2D eigenvalue weighted by molar-refractivity contribution is 4.96. The number of ether oxygens (including phenoxy) is 3. The molecule has 0 saturated heterocycles. The Kier molecular flexibility index (Phi) is 7.77. The van der Waals surface area contributed by atoms with E-state index in [1.807, 2.05) is 14.0 Å². The van der Waals surface area contributed by atoms with Gasteiger partial charge in [-0.2, -0.15) is 0 Å². The van der Waals surface area contributed by atoms with Crippen molar-refractivity contribution in [1.29, 1.82) is 0 Å². The Balaban J connectivity index is 2.03. The molecular formula is C13H27NO3. The number of likely N-dealkylation sites (N-methyl/N-ethyl adjacent to an activating group) is 1. The zero-order valence-electron chi connectivity index (χ0n) is 11.4. The molecule has 1 aliphatic rings. The molecule has 0 spiro atoms. The summed E-state index contributed by atoms with van der Waals surface area (Å²) < 4.78 is 16.9. The molecule has 1 aliphatic carbocycles. The SMILES string of the molecule is CCCCOCCOC1CC(NC)C1OCC. The van der Waals surface area contributed by atoms with E-state index in [0.717, 1.165) is 26.1 Å². The molecule has 0 aromatic heterocycles. The number of nitrogens with one attached hydrogen (secondary N) is 1. The van der Waals surface area contributed by atoms with Crippen molar-refractivity contribution < 1.29 is 14.2 Å². The van der Waals surface area contributed by atoms with Crippen LogP contribution in [0, 0.1) is 0 Å². The lowest BCUT2D eigenvalue weighted by Crippen LogP contribution is -2.59. The van der Waals surface area contributed by atoms with E-state index in [2.05, 4.69) is 12.2 Å². The highest BCUT2D eigenvalue weighted by atomic mass is 16.6. The van der Waals surface area contributed by atoms with Gasteiger partial charge in [0, 0.05) is 19.3 Å². The van der Waals surface area contributed by atoms with Crippen LogP contribution in [0.1, 0.15) is 33.1 Å². The summed E-state index contributed by atoms with van der Waals surface area (Å²) in [6.45, 7) is 7.15. The fourth-order valence-electron chi connectivity index (χ4n) is 2.05. The van der Waals surface area contributed by atoms with E-state index >= 15 is 0 Å². The van der Waals surface area contributed by atoms with Crippen LogP contribution in [0.4, 0.5) is 0 Å². The topological polar surface area (TPSA) is 39.7 Å². The lowest BCUT2D eigenvalue weighted by molar-refractivity contribution is -0.149. The molecule has 4 heteroatoms. The summed E-state index contributed by atoms with van der Waals surface area (Å²) in [4.78, 5) is 0. The molecule has 0 aromatic rings. The molecule has 1 rings (SSSR count). The molecule has 1 fully saturated rings. The number of hydrogen-bond donors (Lipinski definition) is 1. The predicted octanol–water partition coefficient (Wildman–Crippen LogP) is 1.59. The van der Waals surface area contributed by atoms with Crippen molar-refractivity contribution >= 4 is 0 Å². The van der Waals surface area contributed by atoms with Crippen LogP contribution in [0.2, 0.25) is 0 Å². The van der Waals surface area contributed by atoms with Gasteiger partial charge >= 0.3 is 0 Å². The van der Waals surface area contributed by atoms with Crippen LogP contribution in [0.15, 0.2) is 0 Å². The zero-order chi connectivity index (χ0) is 12.5. The minimum absolute atomic E-state index is 0.209. The Hall–Kier alpha value is -0.160. The standard InChI is InChI=1S/C13H27NO3/c1-4-6-7-15-8-9-17-12-10-11(14-3)13(12)16-5-2/h11-14H,4-10H2,1-3H3. The van der Waals surface area contributed by atoms with Gasteiger partial charge in [-0.05, 0) is 26.8 Å². The fourth-order valence-corrected chi connectivity index (χ4v) is 2.05. The number of hydrogen-bond acceptors (Lipinski definition) is 4. The maximum absolute atomic E-state index is 5.77. The third-order valence-corrected chi connectivity index (χ3v) is 3.18. The summed E-state index contributed by atoms with van der Waals surface area (Å²) in [5, 5.41) is 3.25. The van der Waals surface area contributed by atoms with Gasteiger partial charge in [0.25, 0.3) is 0 Å². The van der Waals surface area contributed by atoms with Gasteiger partial charge < -0.3 is 19.5 Å². The lowest BCUT2D eigenvalue weighted by Gasteiger charge is -2.43. The summed E-state index contributed by atoms with van der Waals surface area (Å²) in [7, 11) is 1.97. The average molecular weight is 245 g/mol. The highest BCUT2D eigenvalue weighted by Crippen LogP contribution is 2.26. The van der Waals surface area contributed by atoms with E-state index in [1.54, 1.807) is 0 Å². The van der Waals surface area contributed by atoms with Gasteiger partial charge in [-0.15, -0.1) is 0 Å². The molecule has 0 amide bonds. The third-order valence-electron chi connectivity index (χ3n) is 3.18. The van der Waals surface area contributed by atoms with Crippen molar-refractivity contribution in [2.45, 2.75) is 51.4 Å². The molecule has 0 aliphatic heterocycles. The normalized spacial score (nSPS) is 28.1. The first-order chi connectivity index (χ1) is 8.33. The Bertz CT molecular complexity index is 190. The average Bonchev–Trinajstić information content (AvgIpc) is 2.33. The molecule has 4 nitrogen and oxygen atoms in total. The van der Waals surface area contributed by atoms with Crippen LogP contribution in [0.3, 0.4) is 0 Å². The molecule has 1 saturated carbocycles. The van der Waals surface area contributed by atoms with Crippen molar-refractivity contribution in [1.82, 2.24) is 5.32 Å². The van der Waals surface area contributed by atoms with Crippen LogP contribution in [0.5, 0.6) is 0 Å². The van der Waals surface area contributed by atoms with E-state index in [9.17, 15) is 0 Å². The number of unbranched alkanes of at least 4 members (excludes halogenated alkanes) is 1. The molecule has 0 heterocycles. The summed E-state index contributed by atoms with van der Waals surface area (Å²) in [6, 6.07) is 0.445. The van der Waals surface area contributed by atoms with Crippen LogP contribution in [-0.2, 0) is 14.2 Å². The van der Waals surface area contributed by atoms with E-state index < -0.39 is 0 Å². The van der Waals surface area contributed by atoms with Crippen LogP contribution in [0.25, 0.3) is 0 Å². The van der Waals surface area contributed by atoms with Crippen LogP contribution < -0.4 is 5.32 Å². The Morgan fingerprint density at radius 2 is 1.94 bits per heavy atom. The van der Waals surface area contributed by atoms with E-state index in [4.69, 9.17) is 14.2 Å². The molecule has 3 unspecified atom stereocenters. The predicted molar refractivity (Wildman–Crippen MR) is 68.3 cm³/mol. The van der Waals surface area contributed by atoms with Gasteiger partial charge in [0.15, 0.2) is 0 Å². The van der Waals surface area contributed by atoms with Crippen molar-refractivity contribution in [3.8, 4) is 0 Å². The first-order valence-electron chi connectivity index (χ1n) is 6.81. The van der Waals surface area contributed by atoms with Crippen LogP contribution in [-0.4, -0.2) is 51.7 Å². The smallest absolute Gasteiger partial charge is 0.0990 e. The largest absolute Gasteiger partial charge is 0.379 e. The molecular weight excluding hydrogens is 218 g/mol. The molecule has 102 valence electrons. The molecule has 0 aromatic carbocycles. The zero-order valence-corrected chi connectivity index (χ0v) is 11.4. The van der Waals surface area contributed by atoms with E-state index in [-0.39, 0.29) is 12.2 Å². The van der Waals surface area contributed by atoms with Gasteiger partial charge in [0.2, 0.25) is 0 Å². The van der Waals surface area contributed by atoms with Gasteiger partial charge in [-0.3, -0.25) is 0 Å². The van der Waals surface area contributed by atoms with E-state index in [0.29, 0.717) is 19.3 Å². The molecule has 3 atom stereocenters. The molecule has 0 radical (unpaired) electrons. The first-order valence-corrected chi connectivity index (χ1v) is 6.81. The quantitative estimate of drug-likeness (QED) is 0.593. The van der Waals surface area contributed by atoms with Crippen LogP contribution >= 0.6 is 0 Å². The van der Waals surface area contributed by atoms with Gasteiger partial charge in [0.05, 0.1) is 25.4 Å². The maximum Gasteiger partial charge on any atom is 0.0990 e. The fraction of sp³-hybridized carbons (Fsp3) is 1.00. The Morgan fingerprint density at radius 3 is 2.59 bits per heavy atom. The van der Waals surface area contributed by atoms with Crippen molar-refractivity contribution in [2.24, 2.45) is 0 Å². The Morgan fingerprint density at radius 1 is 1.12 bits per heavy atom. The minimum Gasteiger partial charge on any atom is -0.379 e. The summed E-state index contributed by atoms with van der Waals surface area (Å²) in [5.41, 5.74) is 0. The van der Waals surface area contributed by atoms with Gasteiger partial charge in [0.1, 0.15) is 0 Å². The highest BCUT2D eigenvalue weighted by Gasteiger charge is 2.41. The molecule has 0 bridgehead atoms. The first kappa shape index (κ1) is 14.9. The summed E-state index contributed by atoms with van der Waals surface area (Å²) >= 11 is 0. The third kappa shape index (κ3) is 4.92. The van der Waals surface area contributed by atoms with Crippen molar-refractivity contribution in [2.75, 3.05) is 33.5 Å². The lowest BCUT2D eigenvalue weighted by atomic mass is 9.85. The molecule has 17 heavy (non-hydrogen) atoms. The Labute approximate surface area is 105 Å². The van der Waals surface area contributed by atoms with E-state index in [1.165, 1.54) is 6.42 Å². The minimum atomic E-state index is 0.209. The van der Waals surface area contributed by atoms with Gasteiger partial charge in [-0.1, -0.05) is 13.3 Å². The second-order valence-corrected chi connectivity index (χ2v) is 4.43. The summed E-state index contributed by atoms with van der Waals surface area (Å²) in [5.74, 6) is 0. The molecule has 1 N–H and O–H groups in total. The number of rotatable bonds is 10. The van der Waals surface area contributed by atoms with Crippen molar-refractivity contribution in [3.05, 3.63) is 0 Å². The second kappa shape index (κ2) is 8.86. The van der Waals surface area contributed by atoms with Crippen molar-refractivity contribution in [3.63, 3.8) is 0 Å². The monoisotopic (exact) mass is 245 g/mol.